The molecule has 1 aliphatic rings. The molecule has 1 aromatic carbocycles. The second-order valence-corrected chi connectivity index (χ2v) is 9.53. The molecular weight excluding hydrogens is 462 g/mol. The van der Waals surface area contributed by atoms with Crippen molar-refractivity contribution in [1.29, 1.82) is 0 Å². The van der Waals surface area contributed by atoms with Gasteiger partial charge in [0, 0.05) is 11.5 Å². The number of aryl methyl sites for hydroxylation is 1. The van der Waals surface area contributed by atoms with Crippen molar-refractivity contribution in [3.05, 3.63) is 52.8 Å². The maximum atomic E-state index is 14.4. The lowest BCUT2D eigenvalue weighted by Gasteiger charge is -2.31. The van der Waals surface area contributed by atoms with Crippen LogP contribution >= 0.6 is 11.6 Å². The number of benzene rings is 1. The van der Waals surface area contributed by atoms with Crippen molar-refractivity contribution in [2.75, 3.05) is 5.32 Å². The number of allylic oxidation sites excluding steroid dienone is 4. The van der Waals surface area contributed by atoms with E-state index < -0.39 is 47.2 Å². The predicted molar refractivity (Wildman–Crippen MR) is 119 cm³/mol. The van der Waals surface area contributed by atoms with Gasteiger partial charge in [-0.25, -0.2) is 4.39 Å². The summed E-state index contributed by atoms with van der Waals surface area (Å²) >= 11 is 5.86. The lowest BCUT2D eigenvalue weighted by Crippen LogP contribution is -2.40. The number of carbonyl (C=O) groups excluding carboxylic acids is 2. The molecule has 1 aromatic rings. The summed E-state index contributed by atoms with van der Waals surface area (Å²) in [5.41, 5.74) is -0.351. The first-order valence-corrected chi connectivity index (χ1v) is 11.0. The third-order valence-electron chi connectivity index (χ3n) is 5.23. The standard InChI is InChI=1S/C24H28ClF4NO3/c1-14(24(27,28)29)21(16-7-9-17(25)10-8-16)22(32)30-19-13-15(5-11-18(19)26)6-12-20(31)33-23(2,3)4/h5,7,9-11,13-14,16,21H,6,8,12H2,1-4H3,(H,30,32)/t14-,16?,21+/m1/s1. The number of carbonyl (C=O) groups is 2. The van der Waals surface area contributed by atoms with Crippen molar-refractivity contribution in [2.45, 2.75) is 58.7 Å². The number of esters is 1. The monoisotopic (exact) mass is 489 g/mol. The largest absolute Gasteiger partial charge is 0.460 e. The van der Waals surface area contributed by atoms with Crippen molar-refractivity contribution >= 4 is 29.2 Å². The molecule has 2 rings (SSSR count). The third kappa shape index (κ3) is 8.18. The number of nitrogens with one attached hydrogen (secondary N) is 1. The normalized spacial score (nSPS) is 18.3. The summed E-state index contributed by atoms with van der Waals surface area (Å²) in [6.07, 6.45) is 0.271. The molecule has 0 aliphatic heterocycles. The summed E-state index contributed by atoms with van der Waals surface area (Å²) in [5.74, 6) is -6.35. The Bertz CT molecular complexity index is 935. The van der Waals surface area contributed by atoms with Gasteiger partial charge in [-0.3, -0.25) is 9.59 Å². The SMILES string of the molecule is C[C@H]([C@H](C(=O)Nc1cc(CCC(=O)OC(C)(C)C)ccc1F)C1C=CC(Cl)=CC1)C(F)(F)F. The highest BCUT2D eigenvalue weighted by Gasteiger charge is 2.47. The molecule has 0 saturated carbocycles. The zero-order valence-corrected chi connectivity index (χ0v) is 19.7. The smallest absolute Gasteiger partial charge is 0.392 e. The summed E-state index contributed by atoms with van der Waals surface area (Å²) in [4.78, 5) is 24.9. The number of hydrogen-bond donors (Lipinski definition) is 1. The number of amides is 1. The zero-order valence-electron chi connectivity index (χ0n) is 18.9. The van der Waals surface area contributed by atoms with Crippen LogP contribution in [0.25, 0.3) is 0 Å². The quantitative estimate of drug-likeness (QED) is 0.349. The van der Waals surface area contributed by atoms with Gasteiger partial charge >= 0.3 is 12.1 Å². The van der Waals surface area contributed by atoms with Gasteiger partial charge in [0.1, 0.15) is 11.4 Å². The fourth-order valence-corrected chi connectivity index (χ4v) is 3.71. The van der Waals surface area contributed by atoms with Crippen molar-refractivity contribution in [1.82, 2.24) is 0 Å². The van der Waals surface area contributed by atoms with Gasteiger partial charge in [0.2, 0.25) is 5.91 Å². The Balaban J connectivity index is 2.19. The molecule has 1 unspecified atom stereocenters. The molecule has 1 aliphatic carbocycles. The van der Waals surface area contributed by atoms with Gasteiger partial charge in [0.05, 0.1) is 17.5 Å². The van der Waals surface area contributed by atoms with Gasteiger partial charge in [-0.15, -0.1) is 0 Å². The number of ether oxygens (including phenoxy) is 1. The van der Waals surface area contributed by atoms with E-state index in [9.17, 15) is 27.2 Å². The van der Waals surface area contributed by atoms with E-state index in [4.69, 9.17) is 16.3 Å². The second-order valence-electron chi connectivity index (χ2n) is 9.09. The molecule has 9 heteroatoms. The van der Waals surface area contributed by atoms with E-state index in [1.807, 2.05) is 0 Å². The third-order valence-corrected chi connectivity index (χ3v) is 5.51. The summed E-state index contributed by atoms with van der Waals surface area (Å²) in [5, 5.41) is 2.70. The molecule has 0 radical (unpaired) electrons. The van der Waals surface area contributed by atoms with Crippen LogP contribution < -0.4 is 5.32 Å². The van der Waals surface area contributed by atoms with Crippen LogP contribution in [0.2, 0.25) is 0 Å². The first-order valence-electron chi connectivity index (χ1n) is 10.6. The number of anilines is 1. The van der Waals surface area contributed by atoms with E-state index in [1.165, 1.54) is 24.3 Å². The van der Waals surface area contributed by atoms with E-state index in [-0.39, 0.29) is 24.9 Å². The van der Waals surface area contributed by atoms with Crippen molar-refractivity contribution in [2.24, 2.45) is 17.8 Å². The van der Waals surface area contributed by atoms with Crippen LogP contribution in [0.4, 0.5) is 23.2 Å². The van der Waals surface area contributed by atoms with E-state index in [0.717, 1.165) is 13.0 Å². The highest BCUT2D eigenvalue weighted by molar-refractivity contribution is 6.31. The molecular formula is C24H28ClF4NO3. The molecule has 33 heavy (non-hydrogen) atoms. The maximum Gasteiger partial charge on any atom is 0.392 e. The summed E-state index contributed by atoms with van der Waals surface area (Å²) < 4.78 is 60.1. The van der Waals surface area contributed by atoms with Crippen molar-refractivity contribution < 1.29 is 31.9 Å². The average molecular weight is 490 g/mol. The topological polar surface area (TPSA) is 55.4 Å². The lowest BCUT2D eigenvalue weighted by atomic mass is 9.78. The summed E-state index contributed by atoms with van der Waals surface area (Å²) in [6.45, 7) is 6.14. The van der Waals surface area contributed by atoms with Crippen LogP contribution in [-0.2, 0) is 20.7 Å². The first-order chi connectivity index (χ1) is 15.2. The fourth-order valence-electron chi connectivity index (χ4n) is 3.55. The number of hydrogen-bond acceptors (Lipinski definition) is 3. The Kier molecular flexibility index (Phi) is 8.74. The Morgan fingerprint density at radius 1 is 1.24 bits per heavy atom. The van der Waals surface area contributed by atoms with Gasteiger partial charge in [0.15, 0.2) is 0 Å². The van der Waals surface area contributed by atoms with Crippen LogP contribution in [-0.4, -0.2) is 23.7 Å². The van der Waals surface area contributed by atoms with E-state index in [0.29, 0.717) is 10.6 Å². The van der Waals surface area contributed by atoms with Gasteiger partial charge in [-0.1, -0.05) is 36.7 Å². The minimum Gasteiger partial charge on any atom is -0.460 e. The average Bonchev–Trinajstić information content (AvgIpc) is 2.68. The molecule has 3 atom stereocenters. The summed E-state index contributed by atoms with van der Waals surface area (Å²) in [7, 11) is 0. The van der Waals surface area contributed by atoms with Gasteiger partial charge in [-0.2, -0.15) is 13.2 Å². The molecule has 0 aromatic heterocycles. The lowest BCUT2D eigenvalue weighted by molar-refractivity contribution is -0.188. The van der Waals surface area contributed by atoms with E-state index in [1.54, 1.807) is 26.8 Å². The molecule has 1 N–H and O–H groups in total. The molecule has 0 bridgehead atoms. The molecule has 0 fully saturated rings. The van der Waals surface area contributed by atoms with Crippen LogP contribution in [0.5, 0.6) is 0 Å². The van der Waals surface area contributed by atoms with Crippen molar-refractivity contribution in [3.8, 4) is 0 Å². The molecule has 0 saturated heterocycles. The number of rotatable bonds is 7. The molecule has 0 spiro atoms. The molecule has 0 heterocycles. The van der Waals surface area contributed by atoms with Crippen molar-refractivity contribution in [3.63, 3.8) is 0 Å². The Labute approximate surface area is 196 Å². The Hall–Kier alpha value is -2.35. The minimum atomic E-state index is -4.62. The van der Waals surface area contributed by atoms with Crippen LogP contribution in [0.15, 0.2) is 41.5 Å². The Morgan fingerprint density at radius 2 is 1.91 bits per heavy atom. The van der Waals surface area contributed by atoms with Crippen LogP contribution in [0.3, 0.4) is 0 Å². The highest BCUT2D eigenvalue weighted by Crippen LogP contribution is 2.39. The molecule has 1 amide bonds. The van der Waals surface area contributed by atoms with E-state index in [2.05, 4.69) is 5.32 Å². The summed E-state index contributed by atoms with van der Waals surface area (Å²) in [6, 6.07) is 3.87. The van der Waals surface area contributed by atoms with Crippen LogP contribution in [0, 0.1) is 23.6 Å². The first kappa shape index (κ1) is 26.9. The van der Waals surface area contributed by atoms with Gasteiger partial charge < -0.3 is 10.1 Å². The van der Waals surface area contributed by atoms with E-state index >= 15 is 0 Å². The second kappa shape index (κ2) is 10.7. The maximum absolute atomic E-state index is 14.4. The minimum absolute atomic E-state index is 0.0317. The zero-order chi connectivity index (χ0) is 25.0. The molecule has 182 valence electrons. The number of alkyl halides is 3. The highest BCUT2D eigenvalue weighted by atomic mass is 35.5. The number of halogens is 5. The van der Waals surface area contributed by atoms with Gasteiger partial charge in [0.25, 0.3) is 0 Å². The molecule has 4 nitrogen and oxygen atoms in total. The van der Waals surface area contributed by atoms with Gasteiger partial charge in [-0.05, 0) is 63.3 Å². The van der Waals surface area contributed by atoms with Crippen LogP contribution in [0.1, 0.15) is 46.1 Å². The fraction of sp³-hybridized carbons (Fsp3) is 0.500. The predicted octanol–water partition coefficient (Wildman–Crippen LogP) is 6.55. The Morgan fingerprint density at radius 3 is 2.45 bits per heavy atom.